The first-order valence-corrected chi connectivity index (χ1v) is 8.53. The third-order valence-corrected chi connectivity index (χ3v) is 4.39. The van der Waals surface area contributed by atoms with Gasteiger partial charge in [-0.3, -0.25) is 9.69 Å². The minimum absolute atomic E-state index is 0. The minimum Gasteiger partial charge on any atom is -0.373 e. The molecule has 7 heteroatoms. The molecule has 24 heavy (non-hydrogen) atoms. The molecule has 0 spiro atoms. The first-order chi connectivity index (χ1) is 10.5. The van der Waals surface area contributed by atoms with Crippen LogP contribution in [0.5, 0.6) is 0 Å². The van der Waals surface area contributed by atoms with Crippen LogP contribution in [0.4, 0.5) is 0 Å². The van der Waals surface area contributed by atoms with Crippen LogP contribution in [-0.4, -0.2) is 61.8 Å². The first-order valence-electron chi connectivity index (χ1n) is 8.53. The van der Waals surface area contributed by atoms with E-state index in [1.807, 2.05) is 0 Å². The van der Waals surface area contributed by atoms with Crippen molar-refractivity contribution in [2.75, 3.05) is 32.7 Å². The van der Waals surface area contributed by atoms with Gasteiger partial charge in [-0.05, 0) is 32.7 Å². The molecule has 3 unspecified atom stereocenters. The number of carbonyl (C=O) groups excluding carboxylic acids is 1. The molecule has 0 aromatic heterocycles. The zero-order valence-electron chi connectivity index (χ0n) is 15.2. The van der Waals surface area contributed by atoms with Crippen molar-refractivity contribution in [3.8, 4) is 0 Å². The van der Waals surface area contributed by atoms with Gasteiger partial charge in [0, 0.05) is 26.2 Å². The molecule has 0 aromatic carbocycles. The van der Waals surface area contributed by atoms with Crippen LogP contribution in [0.1, 0.15) is 34.1 Å². The van der Waals surface area contributed by atoms with E-state index < -0.39 is 0 Å². The number of morpholine rings is 1. The molecule has 1 saturated heterocycles. The summed E-state index contributed by atoms with van der Waals surface area (Å²) < 4.78 is 5.79. The monoisotopic (exact) mass is 381 g/mol. The maximum atomic E-state index is 12.7. The molecule has 2 aliphatic rings. The predicted molar refractivity (Wildman–Crippen MR) is 103 cm³/mol. The molecule has 3 atom stereocenters. The van der Waals surface area contributed by atoms with E-state index in [0.29, 0.717) is 12.5 Å². The van der Waals surface area contributed by atoms with Gasteiger partial charge in [-0.25, -0.2) is 0 Å². The number of amides is 1. The fourth-order valence-electron chi connectivity index (χ4n) is 3.47. The SMILES string of the molecule is CC1CN(C(C(=O)NCC2=CCNCC2)C(C)C)CC(C)O1.Cl.Cl. The summed E-state index contributed by atoms with van der Waals surface area (Å²) in [7, 11) is 0. The average molecular weight is 382 g/mol. The summed E-state index contributed by atoms with van der Waals surface area (Å²) in [5.41, 5.74) is 1.33. The molecule has 0 bridgehead atoms. The summed E-state index contributed by atoms with van der Waals surface area (Å²) in [4.78, 5) is 15.0. The molecule has 2 aliphatic heterocycles. The maximum absolute atomic E-state index is 12.7. The van der Waals surface area contributed by atoms with E-state index >= 15 is 0 Å². The number of carbonyl (C=O) groups is 1. The summed E-state index contributed by atoms with van der Waals surface area (Å²) in [6.07, 6.45) is 3.58. The molecule has 142 valence electrons. The number of hydrogen-bond acceptors (Lipinski definition) is 4. The molecular formula is C17H33Cl2N3O2. The summed E-state index contributed by atoms with van der Waals surface area (Å²) >= 11 is 0. The fourth-order valence-corrected chi connectivity index (χ4v) is 3.47. The van der Waals surface area contributed by atoms with E-state index in [1.165, 1.54) is 5.57 Å². The number of nitrogens with one attached hydrogen (secondary N) is 2. The van der Waals surface area contributed by atoms with Crippen molar-refractivity contribution in [3.05, 3.63) is 11.6 Å². The van der Waals surface area contributed by atoms with Gasteiger partial charge in [0.1, 0.15) is 0 Å². The Labute approximate surface area is 158 Å². The first kappa shape index (κ1) is 23.7. The van der Waals surface area contributed by atoms with Crippen molar-refractivity contribution in [2.24, 2.45) is 5.92 Å². The number of hydrogen-bond donors (Lipinski definition) is 2. The van der Waals surface area contributed by atoms with E-state index in [9.17, 15) is 4.79 Å². The third-order valence-electron chi connectivity index (χ3n) is 4.39. The Hall–Kier alpha value is -0.330. The van der Waals surface area contributed by atoms with Crippen molar-refractivity contribution >= 4 is 30.7 Å². The van der Waals surface area contributed by atoms with Gasteiger partial charge in [0.05, 0.1) is 18.2 Å². The lowest BCUT2D eigenvalue weighted by Crippen LogP contribution is -2.57. The highest BCUT2D eigenvalue weighted by atomic mass is 35.5. The summed E-state index contributed by atoms with van der Waals surface area (Å²) in [5.74, 6) is 0.440. The van der Waals surface area contributed by atoms with Gasteiger partial charge in [-0.2, -0.15) is 0 Å². The second kappa shape index (κ2) is 11.3. The molecule has 0 saturated carbocycles. The standard InChI is InChI=1S/C17H31N3O2.2ClH/c1-12(2)16(20-10-13(3)22-14(4)11-20)17(21)19-9-15-5-7-18-8-6-15;;/h5,12-14,16,18H,6-11H2,1-4H3,(H,19,21);2*1H. The van der Waals surface area contributed by atoms with Gasteiger partial charge in [-0.1, -0.05) is 25.5 Å². The fraction of sp³-hybridized carbons (Fsp3) is 0.824. The van der Waals surface area contributed by atoms with Crippen molar-refractivity contribution in [1.29, 1.82) is 0 Å². The Balaban J connectivity index is 0.00000264. The van der Waals surface area contributed by atoms with Crippen LogP contribution < -0.4 is 10.6 Å². The zero-order valence-corrected chi connectivity index (χ0v) is 16.8. The van der Waals surface area contributed by atoms with Gasteiger partial charge >= 0.3 is 0 Å². The predicted octanol–water partition coefficient (Wildman–Crippen LogP) is 2.00. The highest BCUT2D eigenvalue weighted by Gasteiger charge is 2.34. The van der Waals surface area contributed by atoms with Gasteiger partial charge in [-0.15, -0.1) is 24.8 Å². The topological polar surface area (TPSA) is 53.6 Å². The Kier molecular flexibility index (Phi) is 11.2. The number of nitrogens with zero attached hydrogens (tertiary/aromatic N) is 1. The van der Waals surface area contributed by atoms with E-state index in [2.05, 4.69) is 49.3 Å². The molecule has 0 aromatic rings. The Morgan fingerprint density at radius 2 is 1.96 bits per heavy atom. The molecular weight excluding hydrogens is 349 g/mol. The van der Waals surface area contributed by atoms with Crippen molar-refractivity contribution < 1.29 is 9.53 Å². The van der Waals surface area contributed by atoms with E-state index in [-0.39, 0.29) is 49.0 Å². The van der Waals surface area contributed by atoms with Crippen LogP contribution in [0.25, 0.3) is 0 Å². The van der Waals surface area contributed by atoms with Crippen molar-refractivity contribution in [2.45, 2.75) is 52.4 Å². The Morgan fingerprint density at radius 3 is 2.46 bits per heavy atom. The van der Waals surface area contributed by atoms with Crippen LogP contribution in [0.2, 0.25) is 0 Å². The molecule has 2 heterocycles. The van der Waals surface area contributed by atoms with E-state index in [1.54, 1.807) is 0 Å². The van der Waals surface area contributed by atoms with E-state index in [4.69, 9.17) is 4.74 Å². The van der Waals surface area contributed by atoms with Crippen molar-refractivity contribution in [3.63, 3.8) is 0 Å². The Bertz CT molecular complexity index is 409. The lowest BCUT2D eigenvalue weighted by molar-refractivity contribution is -0.135. The minimum atomic E-state index is -0.0730. The summed E-state index contributed by atoms with van der Waals surface area (Å²) in [5, 5.41) is 6.44. The van der Waals surface area contributed by atoms with Crippen LogP contribution >= 0.6 is 24.8 Å². The van der Waals surface area contributed by atoms with Crippen LogP contribution in [0.15, 0.2) is 11.6 Å². The van der Waals surface area contributed by atoms with Crippen LogP contribution in [0.3, 0.4) is 0 Å². The lowest BCUT2D eigenvalue weighted by Gasteiger charge is -2.41. The van der Waals surface area contributed by atoms with Gasteiger partial charge in [0.25, 0.3) is 0 Å². The van der Waals surface area contributed by atoms with Crippen LogP contribution in [-0.2, 0) is 9.53 Å². The quantitative estimate of drug-likeness (QED) is 0.715. The molecule has 0 radical (unpaired) electrons. The number of halogens is 2. The van der Waals surface area contributed by atoms with Gasteiger partial charge in [0.15, 0.2) is 0 Å². The maximum Gasteiger partial charge on any atom is 0.237 e. The molecule has 1 fully saturated rings. The highest BCUT2D eigenvalue weighted by molar-refractivity contribution is 5.85. The second-order valence-corrected chi connectivity index (χ2v) is 6.93. The van der Waals surface area contributed by atoms with Crippen LogP contribution in [0, 0.1) is 5.92 Å². The molecule has 0 aliphatic carbocycles. The second-order valence-electron chi connectivity index (χ2n) is 6.93. The zero-order chi connectivity index (χ0) is 16.1. The Morgan fingerprint density at radius 1 is 1.33 bits per heavy atom. The number of ether oxygens (including phenoxy) is 1. The molecule has 2 rings (SSSR count). The van der Waals surface area contributed by atoms with E-state index in [0.717, 1.165) is 32.6 Å². The average Bonchev–Trinajstić information content (AvgIpc) is 2.45. The normalized spacial score (nSPS) is 26.0. The lowest BCUT2D eigenvalue weighted by atomic mass is 9.99. The largest absolute Gasteiger partial charge is 0.373 e. The molecule has 2 N–H and O–H groups in total. The summed E-state index contributed by atoms with van der Waals surface area (Å²) in [6, 6.07) is -0.0730. The highest BCUT2D eigenvalue weighted by Crippen LogP contribution is 2.18. The molecule has 5 nitrogen and oxygen atoms in total. The van der Waals surface area contributed by atoms with Crippen molar-refractivity contribution in [1.82, 2.24) is 15.5 Å². The van der Waals surface area contributed by atoms with Gasteiger partial charge < -0.3 is 15.4 Å². The third kappa shape index (κ3) is 6.89. The molecule has 1 amide bonds. The number of rotatable bonds is 5. The summed E-state index contributed by atoms with van der Waals surface area (Å²) in [6.45, 7) is 12.7. The van der Waals surface area contributed by atoms with Gasteiger partial charge in [0.2, 0.25) is 5.91 Å². The smallest absolute Gasteiger partial charge is 0.237 e.